The van der Waals surface area contributed by atoms with Crippen LogP contribution in [0.5, 0.6) is 0 Å². The first-order valence-electron chi connectivity index (χ1n) is 9.32. The number of hydrogen-bond donors (Lipinski definition) is 1. The van der Waals surface area contributed by atoms with E-state index < -0.39 is 0 Å². The number of hydrogen-bond acceptors (Lipinski definition) is 6. The number of rotatable bonds is 3. The van der Waals surface area contributed by atoms with Gasteiger partial charge in [0.1, 0.15) is 11.8 Å². The Kier molecular flexibility index (Phi) is 3.55. The molecule has 7 heteroatoms. The summed E-state index contributed by atoms with van der Waals surface area (Å²) in [4.78, 5) is 16.8. The summed E-state index contributed by atoms with van der Waals surface area (Å²) in [6, 6.07) is 4.72. The van der Waals surface area contributed by atoms with E-state index in [4.69, 9.17) is 0 Å². The molecule has 4 heterocycles. The van der Waals surface area contributed by atoms with Gasteiger partial charge >= 0.3 is 0 Å². The summed E-state index contributed by atoms with van der Waals surface area (Å²) in [5.74, 6) is 1.98. The third-order valence-corrected chi connectivity index (χ3v) is 5.66. The number of H-pyrrole nitrogens is 1. The molecule has 3 aromatic rings. The summed E-state index contributed by atoms with van der Waals surface area (Å²) >= 11 is 0. The van der Waals surface area contributed by atoms with Crippen molar-refractivity contribution >= 4 is 22.7 Å². The molecule has 5 rings (SSSR count). The van der Waals surface area contributed by atoms with Gasteiger partial charge in [0.25, 0.3) is 0 Å². The molecule has 7 nitrogen and oxygen atoms in total. The second kappa shape index (κ2) is 5.93. The average molecular weight is 349 g/mol. The van der Waals surface area contributed by atoms with Crippen LogP contribution in [0, 0.1) is 6.92 Å². The Morgan fingerprint density at radius 1 is 1.12 bits per heavy atom. The van der Waals surface area contributed by atoms with Crippen LogP contribution in [0.15, 0.2) is 18.5 Å². The maximum atomic E-state index is 4.52. The molecule has 1 aliphatic heterocycles. The van der Waals surface area contributed by atoms with Crippen molar-refractivity contribution in [2.75, 3.05) is 29.9 Å². The minimum atomic E-state index is 0.412. The van der Waals surface area contributed by atoms with Crippen LogP contribution >= 0.6 is 0 Å². The van der Waals surface area contributed by atoms with Crippen LogP contribution < -0.4 is 9.80 Å². The Bertz CT molecular complexity index is 958. The summed E-state index contributed by atoms with van der Waals surface area (Å²) in [5, 5.41) is 8.92. The molecule has 1 saturated heterocycles. The SMILES string of the molecule is Cc1cc2ncnc(N(C)C3CN(c4cc5c(nn4)CCCC5)C3)c2[nH]1. The second-order valence-electron chi connectivity index (χ2n) is 7.46. The lowest BCUT2D eigenvalue weighted by Gasteiger charge is -2.45. The molecule has 0 amide bonds. The Hall–Kier alpha value is -2.70. The molecule has 26 heavy (non-hydrogen) atoms. The van der Waals surface area contributed by atoms with Gasteiger partial charge in [-0.25, -0.2) is 9.97 Å². The largest absolute Gasteiger partial charge is 0.354 e. The van der Waals surface area contributed by atoms with E-state index in [1.54, 1.807) is 6.33 Å². The molecular weight excluding hydrogens is 326 g/mol. The van der Waals surface area contributed by atoms with Crippen LogP contribution in [0.1, 0.15) is 29.8 Å². The Labute approximate surface area is 152 Å². The maximum absolute atomic E-state index is 4.52. The fourth-order valence-electron chi connectivity index (χ4n) is 4.02. The Morgan fingerprint density at radius 2 is 1.96 bits per heavy atom. The van der Waals surface area contributed by atoms with Crippen molar-refractivity contribution in [3.63, 3.8) is 0 Å². The molecule has 2 aliphatic rings. The second-order valence-corrected chi connectivity index (χ2v) is 7.46. The van der Waals surface area contributed by atoms with Crippen LogP contribution in [0.3, 0.4) is 0 Å². The van der Waals surface area contributed by atoms with E-state index in [1.807, 2.05) is 6.92 Å². The Morgan fingerprint density at radius 3 is 2.85 bits per heavy atom. The van der Waals surface area contributed by atoms with E-state index in [0.29, 0.717) is 6.04 Å². The van der Waals surface area contributed by atoms with Crippen LogP contribution in [0.4, 0.5) is 11.6 Å². The number of fused-ring (bicyclic) bond motifs is 2. The highest BCUT2D eigenvalue weighted by Crippen LogP contribution is 2.29. The molecule has 3 aromatic heterocycles. The molecular formula is C19H23N7. The van der Waals surface area contributed by atoms with Gasteiger partial charge in [-0.3, -0.25) is 0 Å². The number of aryl methyl sites for hydroxylation is 3. The maximum Gasteiger partial charge on any atom is 0.156 e. The number of likely N-dealkylation sites (N-methyl/N-ethyl adjacent to an activating group) is 1. The zero-order valence-corrected chi connectivity index (χ0v) is 15.2. The lowest BCUT2D eigenvalue weighted by molar-refractivity contribution is 0.487. The van der Waals surface area contributed by atoms with E-state index >= 15 is 0 Å². The van der Waals surface area contributed by atoms with E-state index in [2.05, 4.69) is 54.1 Å². The lowest BCUT2D eigenvalue weighted by atomic mass is 9.96. The molecule has 0 aromatic carbocycles. The first-order valence-corrected chi connectivity index (χ1v) is 9.32. The van der Waals surface area contributed by atoms with Gasteiger partial charge in [0, 0.05) is 25.8 Å². The minimum Gasteiger partial charge on any atom is -0.354 e. The predicted molar refractivity (Wildman–Crippen MR) is 102 cm³/mol. The highest BCUT2D eigenvalue weighted by atomic mass is 15.4. The molecule has 0 bridgehead atoms. The standard InChI is InChI=1S/C19H23N7/c1-12-7-16-18(22-12)19(21-11-20-16)25(2)14-9-26(10-14)17-8-13-5-3-4-6-15(13)23-24-17/h7-8,11,14,22H,3-6,9-10H2,1-2H3. The number of nitrogens with zero attached hydrogens (tertiary/aromatic N) is 6. The topological polar surface area (TPSA) is 73.8 Å². The average Bonchev–Trinajstić information content (AvgIpc) is 3.00. The summed E-state index contributed by atoms with van der Waals surface area (Å²) in [7, 11) is 2.11. The van der Waals surface area contributed by atoms with Crippen LogP contribution in [-0.4, -0.2) is 51.3 Å². The van der Waals surface area contributed by atoms with Crippen molar-refractivity contribution in [1.29, 1.82) is 0 Å². The van der Waals surface area contributed by atoms with Crippen molar-refractivity contribution < 1.29 is 0 Å². The molecule has 1 aliphatic carbocycles. The smallest absolute Gasteiger partial charge is 0.156 e. The molecule has 134 valence electrons. The van der Waals surface area contributed by atoms with Gasteiger partial charge < -0.3 is 14.8 Å². The fourth-order valence-corrected chi connectivity index (χ4v) is 4.02. The molecule has 0 radical (unpaired) electrons. The van der Waals surface area contributed by atoms with Gasteiger partial charge in [-0.15, -0.1) is 5.10 Å². The normalized spacial score (nSPS) is 17.2. The van der Waals surface area contributed by atoms with E-state index in [-0.39, 0.29) is 0 Å². The lowest BCUT2D eigenvalue weighted by Crippen LogP contribution is -2.59. The molecule has 0 saturated carbocycles. The summed E-state index contributed by atoms with van der Waals surface area (Å²) in [6.45, 7) is 3.93. The van der Waals surface area contributed by atoms with Crippen molar-refractivity contribution in [3.05, 3.63) is 35.4 Å². The zero-order chi connectivity index (χ0) is 17.7. The Balaban J connectivity index is 1.33. The first kappa shape index (κ1) is 15.5. The predicted octanol–water partition coefficient (Wildman–Crippen LogP) is 2.26. The number of aromatic amines is 1. The molecule has 0 atom stereocenters. The number of nitrogens with one attached hydrogen (secondary N) is 1. The van der Waals surface area contributed by atoms with Gasteiger partial charge in [0.05, 0.1) is 17.3 Å². The van der Waals surface area contributed by atoms with Crippen molar-refractivity contribution in [3.8, 4) is 0 Å². The molecule has 0 unspecified atom stereocenters. The summed E-state index contributed by atoms with van der Waals surface area (Å²) < 4.78 is 0. The first-order chi connectivity index (χ1) is 12.7. The monoisotopic (exact) mass is 349 g/mol. The molecule has 1 N–H and O–H groups in total. The van der Waals surface area contributed by atoms with Crippen LogP contribution in [0.2, 0.25) is 0 Å². The molecule has 1 fully saturated rings. The highest BCUT2D eigenvalue weighted by Gasteiger charge is 2.33. The fraction of sp³-hybridized carbons (Fsp3) is 0.474. The van der Waals surface area contributed by atoms with E-state index in [0.717, 1.165) is 54.3 Å². The number of anilines is 2. The summed E-state index contributed by atoms with van der Waals surface area (Å²) in [5.41, 5.74) is 5.67. The van der Waals surface area contributed by atoms with Gasteiger partial charge in [-0.05, 0) is 50.3 Å². The highest BCUT2D eigenvalue weighted by molar-refractivity contribution is 5.86. The minimum absolute atomic E-state index is 0.412. The van der Waals surface area contributed by atoms with Crippen molar-refractivity contribution in [2.24, 2.45) is 0 Å². The van der Waals surface area contributed by atoms with Crippen LogP contribution in [-0.2, 0) is 12.8 Å². The van der Waals surface area contributed by atoms with Gasteiger partial charge in [0.15, 0.2) is 11.6 Å². The van der Waals surface area contributed by atoms with Crippen molar-refractivity contribution in [2.45, 2.75) is 38.6 Å². The molecule has 0 spiro atoms. The third kappa shape index (κ3) is 2.50. The van der Waals surface area contributed by atoms with E-state index in [1.165, 1.54) is 24.1 Å². The van der Waals surface area contributed by atoms with Crippen molar-refractivity contribution in [1.82, 2.24) is 25.1 Å². The zero-order valence-electron chi connectivity index (χ0n) is 15.2. The van der Waals surface area contributed by atoms with Crippen LogP contribution in [0.25, 0.3) is 11.0 Å². The number of aromatic nitrogens is 5. The third-order valence-electron chi connectivity index (χ3n) is 5.66. The van der Waals surface area contributed by atoms with Gasteiger partial charge in [-0.2, -0.15) is 5.10 Å². The van der Waals surface area contributed by atoms with E-state index in [9.17, 15) is 0 Å². The van der Waals surface area contributed by atoms with Gasteiger partial charge in [0.2, 0.25) is 0 Å². The summed E-state index contributed by atoms with van der Waals surface area (Å²) in [6.07, 6.45) is 6.37. The van der Waals surface area contributed by atoms with Gasteiger partial charge in [-0.1, -0.05) is 0 Å². The quantitative estimate of drug-likeness (QED) is 0.782.